The Morgan fingerprint density at radius 1 is 1.44 bits per heavy atom. The third-order valence-electron chi connectivity index (χ3n) is 2.54. The normalized spacial score (nSPS) is 11.5. The van der Waals surface area contributed by atoms with E-state index in [-0.39, 0.29) is 10.6 Å². The Balaban J connectivity index is 2.27. The molecule has 0 radical (unpaired) electrons. The van der Waals surface area contributed by atoms with E-state index in [1.165, 1.54) is 11.3 Å². The van der Waals surface area contributed by atoms with E-state index in [9.17, 15) is 10.1 Å². The fourth-order valence-corrected chi connectivity index (χ4v) is 2.33. The molecule has 1 aromatic heterocycles. The second-order valence-corrected chi connectivity index (χ2v) is 4.74. The molecule has 2 aromatic rings. The van der Waals surface area contributed by atoms with Crippen molar-refractivity contribution >= 4 is 17.4 Å². The second-order valence-electron chi connectivity index (χ2n) is 3.86. The molecule has 4 nitrogen and oxygen atoms in total. The van der Waals surface area contributed by atoms with Gasteiger partial charge in [-0.3, -0.25) is 10.1 Å². The molecule has 0 atom stereocenters. The van der Waals surface area contributed by atoms with Crippen LogP contribution in [0.15, 0.2) is 41.5 Å². The minimum absolute atomic E-state index is 0.188. The van der Waals surface area contributed by atoms with E-state index in [4.69, 9.17) is 0 Å². The van der Waals surface area contributed by atoms with Gasteiger partial charge in [0, 0.05) is 6.08 Å². The zero-order valence-electron chi connectivity index (χ0n) is 9.87. The largest absolute Gasteiger partial charge is 0.259 e. The summed E-state index contributed by atoms with van der Waals surface area (Å²) in [5.41, 5.74) is 3.64. The molecular formula is C13H12N2O2S. The van der Waals surface area contributed by atoms with E-state index >= 15 is 0 Å². The third kappa shape index (κ3) is 3.01. The summed E-state index contributed by atoms with van der Waals surface area (Å²) in [7, 11) is 0. The van der Waals surface area contributed by atoms with Gasteiger partial charge in [-0.2, -0.15) is 0 Å². The number of aromatic nitrogens is 1. The van der Waals surface area contributed by atoms with Crippen molar-refractivity contribution in [2.45, 2.75) is 13.3 Å². The number of rotatable bonds is 4. The lowest BCUT2D eigenvalue weighted by molar-refractivity contribution is -0.425. The van der Waals surface area contributed by atoms with Crippen LogP contribution in [-0.2, 0) is 6.42 Å². The second kappa shape index (κ2) is 5.55. The first kappa shape index (κ1) is 12.4. The van der Waals surface area contributed by atoms with Crippen LogP contribution in [0.5, 0.6) is 0 Å². The smallest absolute Gasteiger partial charge is 0.252 e. The van der Waals surface area contributed by atoms with Crippen molar-refractivity contribution in [2.75, 3.05) is 0 Å². The Hall–Kier alpha value is -2.01. The molecule has 0 amide bonds. The standard InChI is InChI=1S/C13H12N2O2S/c1-10-13(18-9-14-10)8-12(15(16)17)7-11-5-3-2-4-6-11/h2-6,8-9H,7H2,1H3. The molecule has 0 aliphatic rings. The summed E-state index contributed by atoms with van der Waals surface area (Å²) in [6, 6.07) is 9.43. The molecule has 2 rings (SSSR count). The molecule has 0 spiro atoms. The maximum Gasteiger partial charge on any atom is 0.252 e. The van der Waals surface area contributed by atoms with E-state index in [1.807, 2.05) is 37.3 Å². The highest BCUT2D eigenvalue weighted by molar-refractivity contribution is 7.10. The van der Waals surface area contributed by atoms with Crippen LogP contribution in [0.2, 0.25) is 0 Å². The van der Waals surface area contributed by atoms with Gasteiger partial charge in [-0.05, 0) is 12.5 Å². The zero-order valence-corrected chi connectivity index (χ0v) is 10.7. The fourth-order valence-electron chi connectivity index (χ4n) is 1.57. The van der Waals surface area contributed by atoms with Gasteiger partial charge in [0.1, 0.15) is 0 Å². The molecule has 1 heterocycles. The topological polar surface area (TPSA) is 56.0 Å². The van der Waals surface area contributed by atoms with Crippen LogP contribution in [-0.4, -0.2) is 9.91 Å². The van der Waals surface area contributed by atoms with E-state index in [2.05, 4.69) is 4.98 Å². The summed E-state index contributed by atoms with van der Waals surface area (Å²) in [6.45, 7) is 1.85. The first-order valence-electron chi connectivity index (χ1n) is 5.46. The van der Waals surface area contributed by atoms with Crippen molar-refractivity contribution in [1.29, 1.82) is 0 Å². The maximum absolute atomic E-state index is 11.1. The molecule has 0 fully saturated rings. The number of nitrogens with zero attached hydrogens (tertiary/aromatic N) is 2. The van der Waals surface area contributed by atoms with Gasteiger partial charge in [0.05, 0.1) is 27.4 Å². The van der Waals surface area contributed by atoms with E-state index in [1.54, 1.807) is 11.6 Å². The van der Waals surface area contributed by atoms with Crippen LogP contribution in [0.3, 0.4) is 0 Å². The number of allylic oxidation sites excluding steroid dienone is 1. The number of thiazole rings is 1. The van der Waals surface area contributed by atoms with Gasteiger partial charge < -0.3 is 0 Å². The van der Waals surface area contributed by atoms with Crippen molar-refractivity contribution in [2.24, 2.45) is 0 Å². The summed E-state index contributed by atoms with van der Waals surface area (Å²) in [5.74, 6) is 0. The SMILES string of the molecule is Cc1ncsc1C=C(Cc1ccccc1)[N+](=O)[O-]. The molecule has 0 N–H and O–H groups in total. The molecule has 0 saturated heterocycles. The maximum atomic E-state index is 11.1. The van der Waals surface area contributed by atoms with Crippen LogP contribution in [0.1, 0.15) is 16.1 Å². The van der Waals surface area contributed by atoms with Crippen LogP contribution in [0.4, 0.5) is 0 Å². The van der Waals surface area contributed by atoms with Crippen molar-refractivity contribution in [3.8, 4) is 0 Å². The number of nitro groups is 1. The van der Waals surface area contributed by atoms with E-state index in [0.29, 0.717) is 6.42 Å². The molecular weight excluding hydrogens is 248 g/mol. The Morgan fingerprint density at radius 3 is 2.72 bits per heavy atom. The Morgan fingerprint density at radius 2 is 2.17 bits per heavy atom. The summed E-state index contributed by atoms with van der Waals surface area (Å²) < 4.78 is 0. The van der Waals surface area contributed by atoms with Crippen molar-refractivity contribution in [1.82, 2.24) is 4.98 Å². The molecule has 0 saturated carbocycles. The highest BCUT2D eigenvalue weighted by atomic mass is 32.1. The first-order valence-corrected chi connectivity index (χ1v) is 6.34. The summed E-state index contributed by atoms with van der Waals surface area (Å²) >= 11 is 1.41. The van der Waals surface area contributed by atoms with E-state index < -0.39 is 0 Å². The van der Waals surface area contributed by atoms with Crippen molar-refractivity contribution in [3.05, 3.63) is 67.8 Å². The predicted molar refractivity (Wildman–Crippen MR) is 72.0 cm³/mol. The lowest BCUT2D eigenvalue weighted by Gasteiger charge is -1.99. The Bertz CT molecular complexity index is 576. The van der Waals surface area contributed by atoms with Gasteiger partial charge in [0.15, 0.2) is 0 Å². The Labute approximate surface area is 109 Å². The summed E-state index contributed by atoms with van der Waals surface area (Å²) in [5, 5.41) is 11.1. The minimum Gasteiger partial charge on any atom is -0.259 e. The number of aryl methyl sites for hydroxylation is 1. The quantitative estimate of drug-likeness (QED) is 0.626. The lowest BCUT2D eigenvalue weighted by Crippen LogP contribution is -2.02. The first-order chi connectivity index (χ1) is 8.66. The molecule has 18 heavy (non-hydrogen) atoms. The average Bonchev–Trinajstić information content (AvgIpc) is 2.75. The predicted octanol–water partition coefficient (Wildman–Crippen LogP) is 3.31. The zero-order chi connectivity index (χ0) is 13.0. The fraction of sp³-hybridized carbons (Fsp3) is 0.154. The molecule has 5 heteroatoms. The number of hydrogen-bond acceptors (Lipinski definition) is 4. The third-order valence-corrected chi connectivity index (χ3v) is 3.42. The summed E-state index contributed by atoms with van der Waals surface area (Å²) in [4.78, 5) is 15.7. The molecule has 1 aromatic carbocycles. The number of hydrogen-bond donors (Lipinski definition) is 0. The Kier molecular flexibility index (Phi) is 3.84. The molecule has 0 unspecified atom stereocenters. The molecule has 0 aliphatic carbocycles. The number of benzene rings is 1. The monoisotopic (exact) mass is 260 g/mol. The van der Waals surface area contributed by atoms with Crippen LogP contribution < -0.4 is 0 Å². The van der Waals surface area contributed by atoms with Crippen LogP contribution >= 0.6 is 11.3 Å². The molecule has 0 bridgehead atoms. The van der Waals surface area contributed by atoms with Gasteiger partial charge in [-0.15, -0.1) is 11.3 Å². The highest BCUT2D eigenvalue weighted by Crippen LogP contribution is 2.19. The van der Waals surface area contributed by atoms with Gasteiger partial charge in [-0.1, -0.05) is 30.3 Å². The summed E-state index contributed by atoms with van der Waals surface area (Å²) in [6.07, 6.45) is 1.94. The molecule has 0 aliphatic heterocycles. The van der Waals surface area contributed by atoms with Gasteiger partial charge >= 0.3 is 0 Å². The highest BCUT2D eigenvalue weighted by Gasteiger charge is 2.13. The minimum atomic E-state index is -0.327. The van der Waals surface area contributed by atoms with Crippen LogP contribution in [0.25, 0.3) is 6.08 Å². The van der Waals surface area contributed by atoms with Crippen molar-refractivity contribution < 1.29 is 4.92 Å². The van der Waals surface area contributed by atoms with Gasteiger partial charge in [0.2, 0.25) is 0 Å². The molecule has 92 valence electrons. The van der Waals surface area contributed by atoms with Gasteiger partial charge in [-0.25, -0.2) is 4.98 Å². The van der Waals surface area contributed by atoms with Gasteiger partial charge in [0.25, 0.3) is 5.70 Å². The van der Waals surface area contributed by atoms with Crippen molar-refractivity contribution in [3.63, 3.8) is 0 Å². The average molecular weight is 260 g/mol. The van der Waals surface area contributed by atoms with Crippen LogP contribution in [0, 0.1) is 17.0 Å². The van der Waals surface area contributed by atoms with E-state index in [0.717, 1.165) is 16.1 Å². The lowest BCUT2D eigenvalue weighted by atomic mass is 10.1.